The fourth-order valence-corrected chi connectivity index (χ4v) is 3.24. The molecule has 1 unspecified atom stereocenters. The predicted molar refractivity (Wildman–Crippen MR) is 104 cm³/mol. The van der Waals surface area contributed by atoms with Gasteiger partial charge in [-0.1, -0.05) is 37.3 Å². The number of nitrogens with one attached hydrogen (secondary N) is 2. The third kappa shape index (κ3) is 6.32. The molecule has 5 heteroatoms. The topological polar surface area (TPSA) is 49.3 Å². The molecule has 0 amide bonds. The zero-order valence-electron chi connectivity index (χ0n) is 14.9. The number of hydrogen-bond donors (Lipinski definition) is 2. The first-order valence-electron chi connectivity index (χ1n) is 8.65. The summed E-state index contributed by atoms with van der Waals surface area (Å²) >= 11 is 1.74. The Balaban J connectivity index is 1.69. The van der Waals surface area contributed by atoms with Gasteiger partial charge in [-0.3, -0.25) is 4.99 Å². The minimum absolute atomic E-state index is 0.377. The van der Waals surface area contributed by atoms with E-state index in [1.165, 1.54) is 10.6 Å². The number of thiazole rings is 1. The van der Waals surface area contributed by atoms with Gasteiger partial charge in [0.25, 0.3) is 0 Å². The lowest BCUT2D eigenvalue weighted by molar-refractivity contribution is 0.593. The Bertz CT molecular complexity index is 621. The van der Waals surface area contributed by atoms with Gasteiger partial charge in [-0.2, -0.15) is 0 Å². The quantitative estimate of drug-likeness (QED) is 0.570. The summed E-state index contributed by atoms with van der Waals surface area (Å²) in [5.41, 5.74) is 2.54. The lowest BCUT2D eigenvalue weighted by Gasteiger charge is -2.17. The van der Waals surface area contributed by atoms with Crippen molar-refractivity contribution in [1.29, 1.82) is 0 Å². The molecule has 0 aliphatic carbocycles. The molecule has 0 aliphatic heterocycles. The number of guanidine groups is 1. The van der Waals surface area contributed by atoms with Crippen molar-refractivity contribution in [2.45, 2.75) is 45.6 Å². The van der Waals surface area contributed by atoms with Crippen LogP contribution in [0.15, 0.2) is 40.7 Å². The number of rotatable bonds is 8. The lowest BCUT2D eigenvalue weighted by atomic mass is 10.1. The van der Waals surface area contributed by atoms with Crippen LogP contribution >= 0.6 is 11.3 Å². The maximum atomic E-state index is 4.59. The molecule has 0 saturated heterocycles. The third-order valence-electron chi connectivity index (χ3n) is 3.89. The second-order valence-electron chi connectivity index (χ2n) is 5.90. The van der Waals surface area contributed by atoms with E-state index in [0.29, 0.717) is 6.04 Å². The van der Waals surface area contributed by atoms with Crippen LogP contribution < -0.4 is 10.6 Å². The summed E-state index contributed by atoms with van der Waals surface area (Å²) in [5, 5.41) is 10.2. The lowest BCUT2D eigenvalue weighted by Crippen LogP contribution is -2.43. The molecule has 0 saturated carbocycles. The first kappa shape index (κ1) is 18.5. The van der Waals surface area contributed by atoms with E-state index in [0.717, 1.165) is 43.9 Å². The van der Waals surface area contributed by atoms with Gasteiger partial charge in [0.15, 0.2) is 5.96 Å². The standard InChI is InChI=1S/C19H28N4S/c1-4-18-23-17(14-24-18)12-13-21-19(20-3)22-15(2)10-11-16-8-6-5-7-9-16/h5-9,14-15H,4,10-13H2,1-3H3,(H2,20,21,22). The fraction of sp³-hybridized carbons (Fsp3) is 0.474. The maximum absolute atomic E-state index is 4.59. The Labute approximate surface area is 149 Å². The number of aliphatic imine (C=N–C) groups is 1. The summed E-state index contributed by atoms with van der Waals surface area (Å²) < 4.78 is 0. The Morgan fingerprint density at radius 1 is 1.25 bits per heavy atom. The van der Waals surface area contributed by atoms with Crippen LogP contribution in [0.2, 0.25) is 0 Å². The monoisotopic (exact) mass is 344 g/mol. The van der Waals surface area contributed by atoms with Gasteiger partial charge in [0.2, 0.25) is 0 Å². The average Bonchev–Trinajstić information content (AvgIpc) is 3.08. The maximum Gasteiger partial charge on any atom is 0.191 e. The number of aryl methyl sites for hydroxylation is 2. The normalized spacial score (nSPS) is 12.9. The second-order valence-corrected chi connectivity index (χ2v) is 6.85. The summed E-state index contributed by atoms with van der Waals surface area (Å²) in [7, 11) is 1.82. The molecule has 2 rings (SSSR count). The highest BCUT2D eigenvalue weighted by atomic mass is 32.1. The van der Waals surface area contributed by atoms with Crippen LogP contribution in [0.4, 0.5) is 0 Å². The van der Waals surface area contributed by atoms with Gasteiger partial charge in [-0.05, 0) is 31.7 Å². The molecule has 4 nitrogen and oxygen atoms in total. The van der Waals surface area contributed by atoms with E-state index < -0.39 is 0 Å². The SMILES string of the molecule is CCc1nc(CCNC(=NC)NC(C)CCc2ccccc2)cs1. The molecule has 1 heterocycles. The molecule has 1 aromatic heterocycles. The van der Waals surface area contributed by atoms with Crippen LogP contribution in [0.5, 0.6) is 0 Å². The van der Waals surface area contributed by atoms with E-state index in [1.807, 2.05) is 7.05 Å². The van der Waals surface area contributed by atoms with Gasteiger partial charge in [0.05, 0.1) is 10.7 Å². The van der Waals surface area contributed by atoms with E-state index in [1.54, 1.807) is 11.3 Å². The number of benzene rings is 1. The second kappa shape index (κ2) is 10.1. The Kier molecular flexibility index (Phi) is 7.75. The number of nitrogens with zero attached hydrogens (tertiary/aromatic N) is 2. The smallest absolute Gasteiger partial charge is 0.191 e. The van der Waals surface area contributed by atoms with Crippen molar-refractivity contribution >= 4 is 17.3 Å². The summed E-state index contributed by atoms with van der Waals surface area (Å²) in [6, 6.07) is 11.0. The van der Waals surface area contributed by atoms with Crippen molar-refractivity contribution in [3.8, 4) is 0 Å². The molecule has 24 heavy (non-hydrogen) atoms. The molecule has 2 N–H and O–H groups in total. The molecule has 130 valence electrons. The summed E-state index contributed by atoms with van der Waals surface area (Å²) in [4.78, 5) is 8.91. The average molecular weight is 345 g/mol. The molecule has 0 spiro atoms. The first-order valence-corrected chi connectivity index (χ1v) is 9.53. The van der Waals surface area contributed by atoms with Crippen LogP contribution in [-0.2, 0) is 19.3 Å². The summed E-state index contributed by atoms with van der Waals surface area (Å²) in [6.07, 6.45) is 4.09. The fourth-order valence-electron chi connectivity index (χ4n) is 2.46. The van der Waals surface area contributed by atoms with Gasteiger partial charge in [0.1, 0.15) is 0 Å². The van der Waals surface area contributed by atoms with Gasteiger partial charge in [-0.15, -0.1) is 11.3 Å². The van der Waals surface area contributed by atoms with Gasteiger partial charge in [0, 0.05) is 31.4 Å². The van der Waals surface area contributed by atoms with E-state index in [9.17, 15) is 0 Å². The molecule has 0 fully saturated rings. The molecule has 1 aromatic carbocycles. The van der Waals surface area contributed by atoms with Crippen LogP contribution in [0, 0.1) is 0 Å². The molecule has 0 radical (unpaired) electrons. The number of hydrogen-bond acceptors (Lipinski definition) is 3. The molecule has 1 atom stereocenters. The highest BCUT2D eigenvalue weighted by Crippen LogP contribution is 2.10. The zero-order valence-corrected chi connectivity index (χ0v) is 15.7. The first-order chi connectivity index (χ1) is 11.7. The largest absolute Gasteiger partial charge is 0.356 e. The van der Waals surface area contributed by atoms with E-state index in [2.05, 4.69) is 70.2 Å². The highest BCUT2D eigenvalue weighted by molar-refractivity contribution is 7.09. The van der Waals surface area contributed by atoms with Crippen molar-refractivity contribution in [3.05, 3.63) is 52.0 Å². The van der Waals surface area contributed by atoms with E-state index >= 15 is 0 Å². The minimum atomic E-state index is 0.377. The zero-order chi connectivity index (χ0) is 17.2. The Hall–Kier alpha value is -1.88. The molecular weight excluding hydrogens is 316 g/mol. The van der Waals surface area contributed by atoms with Crippen molar-refractivity contribution < 1.29 is 0 Å². The predicted octanol–water partition coefficient (Wildman–Crippen LogP) is 3.43. The summed E-state index contributed by atoms with van der Waals surface area (Å²) in [6.45, 7) is 5.19. The third-order valence-corrected chi connectivity index (χ3v) is 4.93. The van der Waals surface area contributed by atoms with E-state index in [4.69, 9.17) is 0 Å². The van der Waals surface area contributed by atoms with Crippen molar-refractivity contribution in [2.75, 3.05) is 13.6 Å². The van der Waals surface area contributed by atoms with Crippen LogP contribution in [0.25, 0.3) is 0 Å². The number of aromatic nitrogens is 1. The Morgan fingerprint density at radius 2 is 2.04 bits per heavy atom. The van der Waals surface area contributed by atoms with Crippen LogP contribution in [0.1, 0.15) is 36.5 Å². The molecule has 0 aliphatic rings. The van der Waals surface area contributed by atoms with Gasteiger partial charge >= 0.3 is 0 Å². The molecule has 0 bridgehead atoms. The van der Waals surface area contributed by atoms with Crippen molar-refractivity contribution in [1.82, 2.24) is 15.6 Å². The highest BCUT2D eigenvalue weighted by Gasteiger charge is 2.06. The van der Waals surface area contributed by atoms with E-state index in [-0.39, 0.29) is 0 Å². The summed E-state index contributed by atoms with van der Waals surface area (Å²) in [5.74, 6) is 0.863. The van der Waals surface area contributed by atoms with Gasteiger partial charge < -0.3 is 10.6 Å². The molecule has 2 aromatic rings. The minimum Gasteiger partial charge on any atom is -0.356 e. The van der Waals surface area contributed by atoms with Crippen LogP contribution in [0.3, 0.4) is 0 Å². The Morgan fingerprint density at radius 3 is 2.71 bits per heavy atom. The van der Waals surface area contributed by atoms with Crippen LogP contribution in [-0.4, -0.2) is 30.6 Å². The van der Waals surface area contributed by atoms with Gasteiger partial charge in [-0.25, -0.2) is 4.98 Å². The van der Waals surface area contributed by atoms with Crippen molar-refractivity contribution in [3.63, 3.8) is 0 Å². The molecular formula is C19H28N4S. The van der Waals surface area contributed by atoms with Crippen molar-refractivity contribution in [2.24, 2.45) is 4.99 Å².